The zero-order valence-electron chi connectivity index (χ0n) is 10.9. The highest BCUT2D eigenvalue weighted by molar-refractivity contribution is 6.17. The van der Waals surface area contributed by atoms with Crippen molar-refractivity contribution in [2.75, 3.05) is 25.7 Å². The van der Waals surface area contributed by atoms with Crippen molar-refractivity contribution < 1.29 is 14.3 Å². The first-order chi connectivity index (χ1) is 8.31. The van der Waals surface area contributed by atoms with Gasteiger partial charge in [0, 0.05) is 12.3 Å². The molecule has 0 N–H and O–H groups in total. The summed E-state index contributed by atoms with van der Waals surface area (Å²) in [6.45, 7) is 3.49. The monoisotopic (exact) mass is 264 g/mol. The molecule has 0 spiro atoms. The second kappa shape index (κ2) is 13.8. The van der Waals surface area contributed by atoms with Gasteiger partial charge in [-0.25, -0.2) is 0 Å². The Morgan fingerprint density at radius 3 is 2.41 bits per heavy atom. The number of rotatable bonds is 12. The Kier molecular flexibility index (Phi) is 13.6. The molecule has 0 aliphatic heterocycles. The fourth-order valence-electron chi connectivity index (χ4n) is 1.49. The third-order valence-corrected chi connectivity index (χ3v) is 2.60. The molecular formula is C13H25ClO3. The maximum atomic E-state index is 11.3. The van der Waals surface area contributed by atoms with E-state index in [1.54, 1.807) is 0 Å². The first-order valence-electron chi connectivity index (χ1n) is 6.60. The molecule has 0 heterocycles. The van der Waals surface area contributed by atoms with E-state index >= 15 is 0 Å². The quantitative estimate of drug-likeness (QED) is 0.307. The topological polar surface area (TPSA) is 35.5 Å². The summed E-state index contributed by atoms with van der Waals surface area (Å²) in [5.74, 6) is 0.362. The number of ether oxygens (including phenoxy) is 2. The Bertz CT molecular complexity index is 174. The zero-order valence-corrected chi connectivity index (χ0v) is 11.6. The predicted molar refractivity (Wildman–Crippen MR) is 70.5 cm³/mol. The van der Waals surface area contributed by atoms with Gasteiger partial charge in [0.05, 0.1) is 13.2 Å². The first-order valence-corrected chi connectivity index (χ1v) is 7.14. The molecular weight excluding hydrogens is 240 g/mol. The Morgan fingerprint density at radius 2 is 1.71 bits per heavy atom. The average Bonchev–Trinajstić information content (AvgIpc) is 2.33. The van der Waals surface area contributed by atoms with Gasteiger partial charge in [-0.2, -0.15) is 0 Å². The number of hydrogen-bond donors (Lipinski definition) is 0. The van der Waals surface area contributed by atoms with Gasteiger partial charge in [0.2, 0.25) is 0 Å². The van der Waals surface area contributed by atoms with Crippen LogP contribution in [0, 0.1) is 0 Å². The lowest BCUT2D eigenvalue weighted by molar-refractivity contribution is -0.145. The molecule has 0 saturated heterocycles. The summed E-state index contributed by atoms with van der Waals surface area (Å²) in [5, 5.41) is 0. The fraction of sp³-hybridized carbons (Fsp3) is 0.923. The van der Waals surface area contributed by atoms with Gasteiger partial charge in [0.25, 0.3) is 0 Å². The van der Waals surface area contributed by atoms with E-state index < -0.39 is 0 Å². The van der Waals surface area contributed by atoms with Gasteiger partial charge in [-0.15, -0.1) is 11.6 Å². The van der Waals surface area contributed by atoms with Crippen molar-refractivity contribution in [1.82, 2.24) is 0 Å². The van der Waals surface area contributed by atoms with Crippen LogP contribution in [-0.4, -0.2) is 31.7 Å². The van der Waals surface area contributed by atoms with E-state index in [1.165, 1.54) is 25.7 Å². The molecule has 102 valence electrons. The predicted octanol–water partition coefficient (Wildman–Crippen LogP) is 3.54. The van der Waals surface area contributed by atoms with Crippen molar-refractivity contribution in [1.29, 1.82) is 0 Å². The molecule has 0 unspecified atom stereocenters. The highest BCUT2D eigenvalue weighted by atomic mass is 35.5. The highest BCUT2D eigenvalue weighted by Gasteiger charge is 2.02. The van der Waals surface area contributed by atoms with E-state index in [4.69, 9.17) is 21.1 Å². The summed E-state index contributed by atoms with van der Waals surface area (Å²) in [5.41, 5.74) is 0. The molecule has 0 saturated carbocycles. The molecule has 0 radical (unpaired) electrons. The molecule has 0 fully saturated rings. The molecule has 3 nitrogen and oxygen atoms in total. The van der Waals surface area contributed by atoms with Crippen LogP contribution < -0.4 is 0 Å². The van der Waals surface area contributed by atoms with Crippen LogP contribution >= 0.6 is 11.6 Å². The lowest BCUT2D eigenvalue weighted by atomic mass is 10.1. The number of esters is 1. The number of alkyl halides is 1. The van der Waals surface area contributed by atoms with Crippen LogP contribution in [0.15, 0.2) is 0 Å². The standard InChI is InChI=1S/C13H25ClO3/c1-2-3-4-5-6-7-8-13(15)17-12-11-16-10-9-14/h2-12H2,1H3. The minimum absolute atomic E-state index is 0.116. The second-order valence-electron chi connectivity index (χ2n) is 4.04. The second-order valence-corrected chi connectivity index (χ2v) is 4.42. The Morgan fingerprint density at radius 1 is 1.00 bits per heavy atom. The van der Waals surface area contributed by atoms with E-state index in [-0.39, 0.29) is 5.97 Å². The summed E-state index contributed by atoms with van der Waals surface area (Å²) in [7, 11) is 0. The maximum Gasteiger partial charge on any atom is 0.305 e. The molecule has 0 aliphatic carbocycles. The number of carbonyl (C=O) groups excluding carboxylic acids is 1. The highest BCUT2D eigenvalue weighted by Crippen LogP contribution is 2.07. The van der Waals surface area contributed by atoms with Gasteiger partial charge in [-0.05, 0) is 6.42 Å². The van der Waals surface area contributed by atoms with Gasteiger partial charge >= 0.3 is 5.97 Å². The van der Waals surface area contributed by atoms with Crippen LogP contribution in [0.25, 0.3) is 0 Å². The normalized spacial score (nSPS) is 10.5. The third-order valence-electron chi connectivity index (χ3n) is 2.45. The van der Waals surface area contributed by atoms with Gasteiger partial charge < -0.3 is 9.47 Å². The van der Waals surface area contributed by atoms with Crippen molar-refractivity contribution in [3.63, 3.8) is 0 Å². The lowest BCUT2D eigenvalue weighted by Gasteiger charge is -2.05. The van der Waals surface area contributed by atoms with Gasteiger partial charge in [-0.1, -0.05) is 39.0 Å². The van der Waals surface area contributed by atoms with E-state index in [9.17, 15) is 4.79 Å². The molecule has 0 amide bonds. The van der Waals surface area contributed by atoms with Crippen molar-refractivity contribution in [2.24, 2.45) is 0 Å². The number of halogens is 1. The molecule has 4 heteroatoms. The minimum Gasteiger partial charge on any atom is -0.463 e. The Balaban J connectivity index is 3.12. The SMILES string of the molecule is CCCCCCCCC(=O)OCCOCCCl. The van der Waals surface area contributed by atoms with Crippen molar-refractivity contribution in [2.45, 2.75) is 51.9 Å². The molecule has 0 aliphatic rings. The Hall–Kier alpha value is -0.280. The van der Waals surface area contributed by atoms with E-state index in [2.05, 4.69) is 6.92 Å². The van der Waals surface area contributed by atoms with Gasteiger partial charge in [0.15, 0.2) is 0 Å². The molecule has 0 bridgehead atoms. The maximum absolute atomic E-state index is 11.3. The number of carbonyl (C=O) groups is 1. The zero-order chi connectivity index (χ0) is 12.8. The summed E-state index contributed by atoms with van der Waals surface area (Å²) in [4.78, 5) is 11.3. The van der Waals surface area contributed by atoms with E-state index in [0.29, 0.717) is 32.1 Å². The summed E-state index contributed by atoms with van der Waals surface area (Å²) in [6, 6.07) is 0. The van der Waals surface area contributed by atoms with Crippen LogP contribution in [0.4, 0.5) is 0 Å². The molecule has 0 aromatic rings. The molecule has 0 atom stereocenters. The number of hydrogen-bond acceptors (Lipinski definition) is 3. The van der Waals surface area contributed by atoms with Crippen molar-refractivity contribution >= 4 is 17.6 Å². The van der Waals surface area contributed by atoms with Gasteiger partial charge in [-0.3, -0.25) is 4.79 Å². The number of unbranched alkanes of at least 4 members (excludes halogenated alkanes) is 5. The minimum atomic E-state index is -0.116. The van der Waals surface area contributed by atoms with Crippen molar-refractivity contribution in [3.05, 3.63) is 0 Å². The van der Waals surface area contributed by atoms with Crippen LogP contribution in [0.2, 0.25) is 0 Å². The third kappa shape index (κ3) is 13.7. The molecule has 0 rings (SSSR count). The van der Waals surface area contributed by atoms with Crippen LogP contribution in [0.3, 0.4) is 0 Å². The largest absolute Gasteiger partial charge is 0.463 e. The molecule has 17 heavy (non-hydrogen) atoms. The Labute approximate surface area is 110 Å². The van der Waals surface area contributed by atoms with Crippen LogP contribution in [0.5, 0.6) is 0 Å². The molecule has 0 aromatic carbocycles. The van der Waals surface area contributed by atoms with Crippen LogP contribution in [-0.2, 0) is 14.3 Å². The smallest absolute Gasteiger partial charge is 0.305 e. The average molecular weight is 265 g/mol. The summed E-state index contributed by atoms with van der Waals surface area (Å²) in [6.07, 6.45) is 7.63. The summed E-state index contributed by atoms with van der Waals surface area (Å²) >= 11 is 5.43. The lowest BCUT2D eigenvalue weighted by Crippen LogP contribution is -2.11. The fourth-order valence-corrected chi connectivity index (χ4v) is 1.60. The van der Waals surface area contributed by atoms with E-state index in [0.717, 1.165) is 12.8 Å². The summed E-state index contributed by atoms with van der Waals surface area (Å²) < 4.78 is 10.1. The van der Waals surface area contributed by atoms with Crippen LogP contribution in [0.1, 0.15) is 51.9 Å². The molecule has 0 aromatic heterocycles. The van der Waals surface area contributed by atoms with Crippen molar-refractivity contribution in [3.8, 4) is 0 Å². The first kappa shape index (κ1) is 16.7. The van der Waals surface area contributed by atoms with Gasteiger partial charge in [0.1, 0.15) is 6.61 Å². The van der Waals surface area contributed by atoms with E-state index in [1.807, 2.05) is 0 Å².